The Bertz CT molecular complexity index is 657. The van der Waals surface area contributed by atoms with Crippen molar-refractivity contribution in [1.82, 2.24) is 0 Å². The lowest BCUT2D eigenvalue weighted by Crippen LogP contribution is -2.00. The molecule has 0 radical (unpaired) electrons. The van der Waals surface area contributed by atoms with Crippen LogP contribution in [0.3, 0.4) is 0 Å². The summed E-state index contributed by atoms with van der Waals surface area (Å²) < 4.78 is 11.1. The van der Waals surface area contributed by atoms with Gasteiger partial charge >= 0.3 is 0 Å². The third kappa shape index (κ3) is 3.76. The van der Waals surface area contributed by atoms with Gasteiger partial charge in [-0.2, -0.15) is 5.26 Å². The van der Waals surface area contributed by atoms with Crippen molar-refractivity contribution in [2.45, 2.75) is 26.4 Å². The van der Waals surface area contributed by atoms with Crippen LogP contribution in [0.4, 0.5) is 0 Å². The lowest BCUT2D eigenvalue weighted by molar-refractivity contribution is 0.296. The van der Waals surface area contributed by atoms with Crippen LogP contribution in [-0.2, 0) is 6.61 Å². The van der Waals surface area contributed by atoms with Crippen LogP contribution in [0.25, 0.3) is 0 Å². The standard InChI is InChI=1S/C18H19NO2/c1-13(2)15-5-4-6-17(10-15)21-12-16-9-14(11-19)7-8-18(16)20-3/h4-10,13H,12H2,1-3H3. The first kappa shape index (κ1) is 14.9. The Kier molecular flexibility index (Phi) is 4.84. The fraction of sp³-hybridized carbons (Fsp3) is 0.278. The van der Waals surface area contributed by atoms with Gasteiger partial charge in [0.05, 0.1) is 18.7 Å². The first-order valence-corrected chi connectivity index (χ1v) is 6.94. The Morgan fingerprint density at radius 1 is 1.14 bits per heavy atom. The SMILES string of the molecule is COc1ccc(C#N)cc1COc1cccc(C(C)C)c1. The van der Waals surface area contributed by atoms with E-state index in [4.69, 9.17) is 14.7 Å². The minimum absolute atomic E-state index is 0.375. The topological polar surface area (TPSA) is 42.2 Å². The Morgan fingerprint density at radius 2 is 1.95 bits per heavy atom. The molecule has 108 valence electrons. The molecule has 0 aliphatic heterocycles. The van der Waals surface area contributed by atoms with E-state index in [1.165, 1.54) is 5.56 Å². The van der Waals surface area contributed by atoms with Gasteiger partial charge in [-0.1, -0.05) is 26.0 Å². The van der Waals surface area contributed by atoms with E-state index in [1.807, 2.05) is 18.2 Å². The maximum atomic E-state index is 8.98. The maximum absolute atomic E-state index is 8.98. The van der Waals surface area contributed by atoms with Gasteiger partial charge in [0, 0.05) is 5.56 Å². The molecule has 0 spiro atoms. The molecule has 21 heavy (non-hydrogen) atoms. The zero-order valence-corrected chi connectivity index (χ0v) is 12.6. The molecular weight excluding hydrogens is 262 g/mol. The van der Waals surface area contributed by atoms with Crippen LogP contribution in [-0.4, -0.2) is 7.11 Å². The summed E-state index contributed by atoms with van der Waals surface area (Å²) in [5.74, 6) is 2.02. The normalized spacial score (nSPS) is 10.2. The quantitative estimate of drug-likeness (QED) is 0.822. The summed E-state index contributed by atoms with van der Waals surface area (Å²) >= 11 is 0. The van der Waals surface area contributed by atoms with Gasteiger partial charge in [0.1, 0.15) is 18.1 Å². The third-order valence-electron chi connectivity index (χ3n) is 3.33. The van der Waals surface area contributed by atoms with Crippen molar-refractivity contribution >= 4 is 0 Å². The molecule has 0 saturated carbocycles. The minimum Gasteiger partial charge on any atom is -0.496 e. The van der Waals surface area contributed by atoms with Gasteiger partial charge < -0.3 is 9.47 Å². The average molecular weight is 281 g/mol. The Morgan fingerprint density at radius 3 is 2.62 bits per heavy atom. The largest absolute Gasteiger partial charge is 0.496 e. The Hall–Kier alpha value is -2.47. The van der Waals surface area contributed by atoms with Gasteiger partial charge in [0.25, 0.3) is 0 Å². The number of benzene rings is 2. The molecule has 3 heteroatoms. The molecule has 0 atom stereocenters. The highest BCUT2D eigenvalue weighted by Crippen LogP contribution is 2.24. The highest BCUT2D eigenvalue weighted by atomic mass is 16.5. The summed E-state index contributed by atoms with van der Waals surface area (Å²) in [6, 6.07) is 15.5. The number of methoxy groups -OCH3 is 1. The third-order valence-corrected chi connectivity index (χ3v) is 3.33. The molecule has 0 aliphatic rings. The van der Waals surface area contributed by atoms with Crippen LogP contribution in [0.1, 0.15) is 36.5 Å². The maximum Gasteiger partial charge on any atom is 0.125 e. The highest BCUT2D eigenvalue weighted by molar-refractivity contribution is 5.42. The van der Waals surface area contributed by atoms with Gasteiger partial charge in [0.15, 0.2) is 0 Å². The van der Waals surface area contributed by atoms with E-state index < -0.39 is 0 Å². The van der Waals surface area contributed by atoms with Crippen LogP contribution in [0.2, 0.25) is 0 Å². The fourth-order valence-corrected chi connectivity index (χ4v) is 2.09. The van der Waals surface area contributed by atoms with E-state index in [0.717, 1.165) is 17.1 Å². The van der Waals surface area contributed by atoms with E-state index in [9.17, 15) is 0 Å². The molecule has 0 amide bonds. The molecule has 0 N–H and O–H groups in total. The summed E-state index contributed by atoms with van der Waals surface area (Å²) in [6.45, 7) is 4.68. The zero-order valence-electron chi connectivity index (χ0n) is 12.6. The molecule has 2 aromatic rings. The summed E-state index contributed by atoms with van der Waals surface area (Å²) in [4.78, 5) is 0. The molecular formula is C18H19NO2. The molecule has 2 rings (SSSR count). The van der Waals surface area contributed by atoms with Crippen molar-refractivity contribution in [3.63, 3.8) is 0 Å². The van der Waals surface area contributed by atoms with E-state index in [-0.39, 0.29) is 0 Å². The Labute approximate surface area is 125 Å². The molecule has 3 nitrogen and oxygen atoms in total. The lowest BCUT2D eigenvalue weighted by Gasteiger charge is -2.12. The number of rotatable bonds is 5. The van der Waals surface area contributed by atoms with Gasteiger partial charge in [-0.25, -0.2) is 0 Å². The van der Waals surface area contributed by atoms with Gasteiger partial charge in [-0.15, -0.1) is 0 Å². The monoisotopic (exact) mass is 281 g/mol. The van der Waals surface area contributed by atoms with Gasteiger partial charge in [0.2, 0.25) is 0 Å². The lowest BCUT2D eigenvalue weighted by atomic mass is 10.0. The number of ether oxygens (including phenoxy) is 2. The van der Waals surface area contributed by atoms with Crippen LogP contribution >= 0.6 is 0 Å². The smallest absolute Gasteiger partial charge is 0.125 e. The van der Waals surface area contributed by atoms with E-state index in [0.29, 0.717) is 18.1 Å². The Balaban J connectivity index is 2.16. The van der Waals surface area contributed by atoms with E-state index in [1.54, 1.807) is 25.3 Å². The minimum atomic E-state index is 0.375. The van der Waals surface area contributed by atoms with Crippen molar-refractivity contribution in [3.8, 4) is 17.6 Å². The number of hydrogen-bond acceptors (Lipinski definition) is 3. The number of nitriles is 1. The summed E-state index contributed by atoms with van der Waals surface area (Å²) in [5, 5.41) is 8.98. The van der Waals surface area contributed by atoms with Crippen molar-refractivity contribution in [2.24, 2.45) is 0 Å². The van der Waals surface area contributed by atoms with Crippen LogP contribution in [0.5, 0.6) is 11.5 Å². The van der Waals surface area contributed by atoms with Crippen molar-refractivity contribution in [3.05, 3.63) is 59.2 Å². The number of nitrogens with zero attached hydrogens (tertiary/aromatic N) is 1. The molecule has 0 saturated heterocycles. The second kappa shape index (κ2) is 6.81. The van der Waals surface area contributed by atoms with Crippen LogP contribution in [0, 0.1) is 11.3 Å². The first-order valence-electron chi connectivity index (χ1n) is 6.94. The second-order valence-corrected chi connectivity index (χ2v) is 5.15. The van der Waals surface area contributed by atoms with Crippen molar-refractivity contribution < 1.29 is 9.47 Å². The molecule has 0 unspecified atom stereocenters. The average Bonchev–Trinajstić information content (AvgIpc) is 2.52. The molecule has 0 aromatic heterocycles. The van der Waals surface area contributed by atoms with Crippen molar-refractivity contribution in [1.29, 1.82) is 5.26 Å². The van der Waals surface area contributed by atoms with Gasteiger partial charge in [-0.05, 0) is 41.8 Å². The van der Waals surface area contributed by atoms with Crippen LogP contribution < -0.4 is 9.47 Å². The summed E-state index contributed by atoms with van der Waals surface area (Å²) in [5.41, 5.74) is 2.71. The molecule has 0 fully saturated rings. The number of hydrogen-bond donors (Lipinski definition) is 0. The van der Waals surface area contributed by atoms with E-state index >= 15 is 0 Å². The molecule has 0 aliphatic carbocycles. The highest BCUT2D eigenvalue weighted by Gasteiger charge is 2.06. The summed E-state index contributed by atoms with van der Waals surface area (Å²) in [6.07, 6.45) is 0. The van der Waals surface area contributed by atoms with Crippen LogP contribution in [0.15, 0.2) is 42.5 Å². The predicted molar refractivity (Wildman–Crippen MR) is 82.6 cm³/mol. The molecule has 2 aromatic carbocycles. The second-order valence-electron chi connectivity index (χ2n) is 5.15. The van der Waals surface area contributed by atoms with Gasteiger partial charge in [-0.3, -0.25) is 0 Å². The van der Waals surface area contributed by atoms with E-state index in [2.05, 4.69) is 26.0 Å². The van der Waals surface area contributed by atoms with Crippen molar-refractivity contribution in [2.75, 3.05) is 7.11 Å². The predicted octanol–water partition coefficient (Wildman–Crippen LogP) is 4.27. The summed E-state index contributed by atoms with van der Waals surface area (Å²) in [7, 11) is 1.62. The molecule has 0 bridgehead atoms. The molecule has 0 heterocycles. The fourth-order valence-electron chi connectivity index (χ4n) is 2.09. The first-order chi connectivity index (χ1) is 10.1. The zero-order chi connectivity index (χ0) is 15.2.